The maximum Gasteiger partial charge on any atom is 0.433 e. The monoisotopic (exact) mass is 466 g/mol. The van der Waals surface area contributed by atoms with E-state index in [0.29, 0.717) is 31.7 Å². The number of primary amides is 1. The third-order valence-corrected chi connectivity index (χ3v) is 8.81. The van der Waals surface area contributed by atoms with Crippen LogP contribution in [0.5, 0.6) is 0 Å². The van der Waals surface area contributed by atoms with Crippen LogP contribution in [0, 0.1) is 29.1 Å². The molecule has 4 aliphatic carbocycles. The Hall–Kier alpha value is -2.52. The molecular formula is C23H29F3N4O3. The van der Waals surface area contributed by atoms with Crippen LogP contribution >= 0.6 is 0 Å². The number of carbonyl (C=O) groups excluding carboxylic acids is 1. The zero-order valence-corrected chi connectivity index (χ0v) is 18.5. The van der Waals surface area contributed by atoms with E-state index in [1.165, 1.54) is 17.0 Å². The van der Waals surface area contributed by atoms with Crippen molar-refractivity contribution in [1.82, 2.24) is 9.88 Å². The van der Waals surface area contributed by atoms with Gasteiger partial charge in [-0.2, -0.15) is 13.2 Å². The quantitative estimate of drug-likeness (QED) is 0.707. The lowest BCUT2D eigenvalue weighted by Crippen LogP contribution is -2.62. The molecule has 4 saturated carbocycles. The minimum absolute atomic E-state index is 0.0610. The number of anilines is 1. The summed E-state index contributed by atoms with van der Waals surface area (Å²) in [5, 5.41) is 9.97. The summed E-state index contributed by atoms with van der Waals surface area (Å²) in [6.45, 7) is 0.328. The van der Waals surface area contributed by atoms with Crippen LogP contribution in [0.2, 0.25) is 0 Å². The number of pyridine rings is 1. The van der Waals surface area contributed by atoms with Gasteiger partial charge in [0.05, 0.1) is 12.1 Å². The van der Waals surface area contributed by atoms with E-state index in [1.807, 2.05) is 0 Å². The van der Waals surface area contributed by atoms with Gasteiger partial charge in [0.1, 0.15) is 11.5 Å². The molecule has 3 N–H and O–H groups in total. The number of hydrogen-bond acceptors (Lipinski definition) is 4. The van der Waals surface area contributed by atoms with Gasteiger partial charge in [0, 0.05) is 19.0 Å². The minimum Gasteiger partial charge on any atom is -0.465 e. The molecule has 1 aromatic heterocycles. The fraction of sp³-hybridized carbons (Fsp3) is 0.696. The summed E-state index contributed by atoms with van der Waals surface area (Å²) in [6, 6.07) is 3.16. The summed E-state index contributed by atoms with van der Waals surface area (Å²) in [5.74, 6) is 0.824. The molecule has 7 atom stereocenters. The summed E-state index contributed by atoms with van der Waals surface area (Å²) >= 11 is 0. The predicted molar refractivity (Wildman–Crippen MR) is 113 cm³/mol. The molecule has 1 aliphatic heterocycles. The molecule has 1 aromatic rings. The van der Waals surface area contributed by atoms with Crippen LogP contribution in [-0.2, 0) is 11.0 Å². The topological polar surface area (TPSA) is 99.8 Å². The van der Waals surface area contributed by atoms with Crippen molar-refractivity contribution in [2.45, 2.75) is 56.8 Å². The van der Waals surface area contributed by atoms with Crippen molar-refractivity contribution >= 4 is 17.8 Å². The predicted octanol–water partition coefficient (Wildman–Crippen LogP) is 3.59. The number of carboxylic acid groups (broad SMARTS) is 1. The van der Waals surface area contributed by atoms with Crippen LogP contribution in [0.15, 0.2) is 18.2 Å². The Kier molecular flexibility index (Phi) is 5.06. The van der Waals surface area contributed by atoms with E-state index < -0.39 is 23.4 Å². The van der Waals surface area contributed by atoms with Crippen molar-refractivity contribution in [2.75, 3.05) is 18.5 Å². The van der Waals surface area contributed by atoms with Crippen LogP contribution in [0.3, 0.4) is 0 Å². The summed E-state index contributed by atoms with van der Waals surface area (Å²) in [6.07, 6.45) is -0.935. The number of hydrogen-bond donors (Lipinski definition) is 2. The molecule has 0 aromatic carbocycles. The fourth-order valence-corrected chi connectivity index (χ4v) is 7.78. The zero-order valence-electron chi connectivity index (χ0n) is 18.5. The number of rotatable bonds is 4. The number of carbonyl (C=O) groups is 2. The highest BCUT2D eigenvalue weighted by Crippen LogP contribution is 2.64. The number of aromatic nitrogens is 1. The van der Waals surface area contributed by atoms with Gasteiger partial charge in [0.2, 0.25) is 5.91 Å². The Labute approximate surface area is 190 Å². The summed E-state index contributed by atoms with van der Waals surface area (Å²) < 4.78 is 39.7. The van der Waals surface area contributed by atoms with Crippen LogP contribution in [-0.4, -0.2) is 52.7 Å². The van der Waals surface area contributed by atoms with Crippen molar-refractivity contribution < 1.29 is 27.9 Å². The molecule has 10 heteroatoms. The third-order valence-electron chi connectivity index (χ3n) is 8.81. The molecule has 4 bridgehead atoms. The molecule has 33 heavy (non-hydrogen) atoms. The molecule has 2 heterocycles. The first-order valence-corrected chi connectivity index (χ1v) is 11.6. The molecule has 5 unspecified atom stereocenters. The highest BCUT2D eigenvalue weighted by atomic mass is 19.4. The first-order chi connectivity index (χ1) is 15.5. The van der Waals surface area contributed by atoms with E-state index >= 15 is 0 Å². The van der Waals surface area contributed by atoms with Gasteiger partial charge in [0.25, 0.3) is 0 Å². The Morgan fingerprint density at radius 3 is 2.45 bits per heavy atom. The van der Waals surface area contributed by atoms with E-state index in [9.17, 15) is 27.9 Å². The Morgan fingerprint density at radius 1 is 1.21 bits per heavy atom. The number of likely N-dealkylation sites (tertiary alicyclic amines) is 1. The van der Waals surface area contributed by atoms with Crippen molar-refractivity contribution in [3.05, 3.63) is 23.9 Å². The largest absolute Gasteiger partial charge is 0.465 e. The normalized spacial score (nSPS) is 37.4. The zero-order chi connectivity index (χ0) is 23.7. The van der Waals surface area contributed by atoms with Crippen molar-refractivity contribution in [3.63, 3.8) is 0 Å². The van der Waals surface area contributed by atoms with Gasteiger partial charge in [-0.15, -0.1) is 0 Å². The molecule has 1 saturated heterocycles. The lowest BCUT2D eigenvalue weighted by molar-refractivity contribution is -0.154. The highest BCUT2D eigenvalue weighted by Gasteiger charge is 2.61. The second kappa shape index (κ2) is 7.50. The Balaban J connectivity index is 1.48. The molecule has 6 rings (SSSR count). The second-order valence-corrected chi connectivity index (χ2v) is 10.5. The average Bonchev–Trinajstić information content (AvgIpc) is 3.17. The number of halogens is 3. The van der Waals surface area contributed by atoms with E-state index in [-0.39, 0.29) is 41.6 Å². The van der Waals surface area contributed by atoms with E-state index in [4.69, 9.17) is 5.73 Å². The molecule has 2 amide bonds. The van der Waals surface area contributed by atoms with Crippen molar-refractivity contribution in [1.29, 1.82) is 0 Å². The average molecular weight is 467 g/mol. The first kappa shape index (κ1) is 22.3. The van der Waals surface area contributed by atoms with E-state index in [0.717, 1.165) is 25.3 Å². The molecule has 0 radical (unpaired) electrons. The SMILES string of the molecule is CN(c1cccc(C(F)(F)F)n1)C1CCN(C(=O)O)C1C1[C@@H]2CC3C[C@H]1CC(C(N)=O)(C3)C2. The minimum atomic E-state index is -4.55. The Morgan fingerprint density at radius 2 is 1.88 bits per heavy atom. The number of alkyl halides is 3. The lowest BCUT2D eigenvalue weighted by atomic mass is 9.44. The molecule has 180 valence electrons. The van der Waals surface area contributed by atoms with Gasteiger partial charge in [-0.1, -0.05) is 6.07 Å². The summed E-state index contributed by atoms with van der Waals surface area (Å²) in [7, 11) is 1.70. The van der Waals surface area contributed by atoms with Crippen molar-refractivity contribution in [2.24, 2.45) is 34.8 Å². The number of likely N-dealkylation sites (N-methyl/N-ethyl adjacent to an activating group) is 1. The van der Waals surface area contributed by atoms with E-state index in [1.54, 1.807) is 11.9 Å². The van der Waals surface area contributed by atoms with Crippen LogP contribution in [0.4, 0.5) is 23.8 Å². The fourth-order valence-electron chi connectivity index (χ4n) is 7.78. The van der Waals surface area contributed by atoms with Crippen LogP contribution in [0.25, 0.3) is 0 Å². The molecule has 0 spiro atoms. The van der Waals surface area contributed by atoms with Gasteiger partial charge in [-0.05, 0) is 74.3 Å². The maximum absolute atomic E-state index is 13.2. The smallest absolute Gasteiger partial charge is 0.433 e. The third kappa shape index (κ3) is 3.52. The van der Waals surface area contributed by atoms with Crippen LogP contribution in [0.1, 0.15) is 44.2 Å². The number of nitrogens with two attached hydrogens (primary N) is 1. The van der Waals surface area contributed by atoms with Crippen molar-refractivity contribution in [3.8, 4) is 0 Å². The highest BCUT2D eigenvalue weighted by molar-refractivity contribution is 5.81. The molecular weight excluding hydrogens is 437 g/mol. The molecule has 5 fully saturated rings. The summed E-state index contributed by atoms with van der Waals surface area (Å²) in [4.78, 5) is 31.5. The molecule has 5 aliphatic rings. The number of nitrogens with zero attached hydrogens (tertiary/aromatic N) is 3. The Bertz CT molecular complexity index is 955. The maximum atomic E-state index is 13.2. The number of amides is 2. The second-order valence-electron chi connectivity index (χ2n) is 10.5. The van der Waals surface area contributed by atoms with Gasteiger partial charge in [-0.25, -0.2) is 9.78 Å². The molecule has 7 nitrogen and oxygen atoms in total. The van der Waals surface area contributed by atoms with E-state index in [2.05, 4.69) is 4.98 Å². The van der Waals surface area contributed by atoms with Gasteiger partial charge in [-0.3, -0.25) is 4.79 Å². The summed E-state index contributed by atoms with van der Waals surface area (Å²) in [5.41, 5.74) is 4.37. The first-order valence-electron chi connectivity index (χ1n) is 11.6. The lowest BCUT2D eigenvalue weighted by Gasteiger charge is -2.61. The van der Waals surface area contributed by atoms with Gasteiger partial charge < -0.3 is 20.6 Å². The standard InChI is InChI=1S/C23H29F3N4O3/c1-29(17-4-2-3-16(28-17)23(24,25)26)15-5-6-30(21(32)33)19(15)18-13-7-12-8-14(18)11-22(9-12,10-13)20(27)31/h2-4,12-15,18-19H,5-11H2,1H3,(H2,27,31)(H,32,33)/t12?,13-,14+,15?,18?,19?,22?. The van der Waals surface area contributed by atoms with Crippen LogP contribution < -0.4 is 10.6 Å². The van der Waals surface area contributed by atoms with Gasteiger partial charge in [0.15, 0.2) is 0 Å². The van der Waals surface area contributed by atoms with Gasteiger partial charge >= 0.3 is 12.3 Å².